The van der Waals surface area contributed by atoms with Gasteiger partial charge in [0.1, 0.15) is 0 Å². The highest BCUT2D eigenvalue weighted by Crippen LogP contribution is 2.35. The highest BCUT2D eigenvalue weighted by Gasteiger charge is 2.21. The zero-order chi connectivity index (χ0) is 34.5. The second-order valence-electron chi connectivity index (χ2n) is 13.4. The largest absolute Gasteiger partial charge is 0.478 e. The Bertz CT molecular complexity index is 1870. The Morgan fingerprint density at radius 3 is 2.55 bits per heavy atom. The summed E-state index contributed by atoms with van der Waals surface area (Å²) in [6.45, 7) is 12.8. The summed E-state index contributed by atoms with van der Waals surface area (Å²) in [7, 11) is 1.99. The second kappa shape index (κ2) is 14.6. The van der Waals surface area contributed by atoms with E-state index >= 15 is 0 Å². The Labute approximate surface area is 277 Å². The molecule has 8 nitrogen and oxygen atoms in total. The van der Waals surface area contributed by atoms with Crippen molar-refractivity contribution in [2.24, 2.45) is 16.3 Å². The summed E-state index contributed by atoms with van der Waals surface area (Å²) < 4.78 is 0. The van der Waals surface area contributed by atoms with E-state index < -0.39 is 11.9 Å². The van der Waals surface area contributed by atoms with Crippen LogP contribution in [0.15, 0.2) is 87.4 Å². The molecule has 1 aliphatic carbocycles. The van der Waals surface area contributed by atoms with Crippen molar-refractivity contribution >= 4 is 34.8 Å². The Kier molecular flexibility index (Phi) is 10.8. The molecule has 0 bridgehead atoms. The Hall–Kier alpha value is -5.00. The predicted molar refractivity (Wildman–Crippen MR) is 191 cm³/mol. The number of allylic oxidation sites excluding steroid dienone is 3. The monoisotopic (exact) mass is 632 g/mol. The molecule has 4 N–H and O–H groups in total. The van der Waals surface area contributed by atoms with E-state index in [1.54, 1.807) is 19.9 Å². The smallest absolute Gasteiger partial charge is 0.335 e. The standard InChI is InChI=1S/C39H44N4O4/c1-24(2)37(41-22-35(44)42-47)34(40)21-30(38(45)46)15-17-31-20-26(23-43(31)7)11-12-27-13-14-28-9-8-10-32-29(16-18-33(27)36(28)32)19-25(3)39(4,5)6/h8-9,13-16,18-21,31,41H,10,17,22-23,40H2,1-7H3,(H,45,46)/b25-19+,30-15+,34-21-. The number of amides is 1. The lowest BCUT2D eigenvalue weighted by Gasteiger charge is -2.21. The molecule has 0 saturated heterocycles. The van der Waals surface area contributed by atoms with Gasteiger partial charge in [-0.05, 0) is 85.7 Å². The van der Waals surface area contributed by atoms with E-state index in [1.807, 2.05) is 7.05 Å². The number of carbonyl (C=O) groups is 2. The molecular weight excluding hydrogens is 588 g/mol. The van der Waals surface area contributed by atoms with Gasteiger partial charge in [0.25, 0.3) is 0 Å². The SMILES string of the molecule is CC(C)=C(NCC(=O)N=O)/C(N)=C/C(=C\CC1C=C(C#Cc2ccc3c4c(c(/C=C(\C)C(C)(C)C)ccc24)CC=C3)CN1C)C(=O)O. The van der Waals surface area contributed by atoms with Crippen molar-refractivity contribution in [3.63, 3.8) is 0 Å². The number of nitrogens with one attached hydrogen (secondary N) is 1. The number of carboxylic acids is 1. The number of likely N-dealkylation sites (N-methyl/N-ethyl adjacent to an activating group) is 1. The maximum atomic E-state index is 12.1. The highest BCUT2D eigenvalue weighted by molar-refractivity contribution is 6.00. The van der Waals surface area contributed by atoms with Gasteiger partial charge in [-0.25, -0.2) is 4.79 Å². The number of rotatable bonds is 9. The number of hydrogen-bond acceptors (Lipinski definition) is 6. The van der Waals surface area contributed by atoms with E-state index in [2.05, 4.69) is 103 Å². The van der Waals surface area contributed by atoms with Crippen molar-refractivity contribution in [2.45, 2.75) is 60.4 Å². The summed E-state index contributed by atoms with van der Waals surface area (Å²) in [5.41, 5.74) is 14.7. The average molecular weight is 633 g/mol. The molecule has 2 aromatic rings. The van der Waals surface area contributed by atoms with E-state index in [-0.39, 0.29) is 29.3 Å². The van der Waals surface area contributed by atoms with Crippen LogP contribution >= 0.6 is 0 Å². The first-order valence-corrected chi connectivity index (χ1v) is 15.7. The molecule has 0 saturated carbocycles. The maximum absolute atomic E-state index is 12.1. The van der Waals surface area contributed by atoms with Crippen LogP contribution in [0.25, 0.3) is 22.9 Å². The van der Waals surface area contributed by atoms with Gasteiger partial charge in [0.15, 0.2) is 0 Å². The zero-order valence-electron chi connectivity index (χ0n) is 28.3. The number of nitroso groups, excluding NO2 is 1. The summed E-state index contributed by atoms with van der Waals surface area (Å²) in [6.07, 6.45) is 13.1. The van der Waals surface area contributed by atoms with Gasteiger partial charge in [-0.3, -0.25) is 9.69 Å². The second-order valence-corrected chi connectivity index (χ2v) is 13.4. The van der Waals surface area contributed by atoms with Crippen LogP contribution in [-0.4, -0.2) is 48.1 Å². The fourth-order valence-corrected chi connectivity index (χ4v) is 5.65. The number of hydrogen-bond donors (Lipinski definition) is 3. The lowest BCUT2D eigenvalue weighted by Crippen LogP contribution is -2.26. The van der Waals surface area contributed by atoms with E-state index in [0.717, 1.165) is 28.5 Å². The zero-order valence-corrected chi connectivity index (χ0v) is 28.3. The minimum atomic E-state index is -1.12. The van der Waals surface area contributed by atoms with Crippen LogP contribution in [0.2, 0.25) is 0 Å². The first-order valence-electron chi connectivity index (χ1n) is 15.7. The normalized spacial score (nSPS) is 16.8. The number of carbonyl (C=O) groups excluding carboxylic acids is 1. The first kappa shape index (κ1) is 34.9. The van der Waals surface area contributed by atoms with Crippen LogP contribution in [0.4, 0.5) is 0 Å². The molecule has 1 heterocycles. The minimum absolute atomic E-state index is 0.0222. The molecule has 0 spiro atoms. The van der Waals surface area contributed by atoms with Gasteiger partial charge < -0.3 is 16.2 Å². The molecule has 1 amide bonds. The van der Waals surface area contributed by atoms with Gasteiger partial charge >= 0.3 is 11.9 Å². The molecular formula is C39H44N4O4. The van der Waals surface area contributed by atoms with Crippen LogP contribution in [0.3, 0.4) is 0 Å². The molecule has 0 aromatic heterocycles. The average Bonchev–Trinajstić information content (AvgIpc) is 3.37. The molecule has 2 aliphatic rings. The van der Waals surface area contributed by atoms with Crippen molar-refractivity contribution in [1.82, 2.24) is 10.2 Å². The third-order valence-corrected chi connectivity index (χ3v) is 8.71. The molecule has 8 heteroatoms. The van der Waals surface area contributed by atoms with E-state index in [9.17, 15) is 19.6 Å². The number of aliphatic carboxylic acids is 1. The molecule has 1 unspecified atom stereocenters. The Balaban J connectivity index is 1.59. The van der Waals surface area contributed by atoms with E-state index in [4.69, 9.17) is 5.73 Å². The summed E-state index contributed by atoms with van der Waals surface area (Å²) in [5.74, 6) is 4.82. The topological polar surface area (TPSA) is 125 Å². The van der Waals surface area contributed by atoms with Gasteiger partial charge in [-0.2, -0.15) is 0 Å². The van der Waals surface area contributed by atoms with Gasteiger partial charge in [-0.1, -0.05) is 92.3 Å². The Morgan fingerprint density at radius 1 is 1.15 bits per heavy atom. The number of benzene rings is 2. The van der Waals surface area contributed by atoms with Gasteiger partial charge in [-0.15, -0.1) is 4.91 Å². The number of carboxylic acid groups (broad SMARTS) is 1. The predicted octanol–water partition coefficient (Wildman–Crippen LogP) is 6.87. The minimum Gasteiger partial charge on any atom is -0.478 e. The highest BCUT2D eigenvalue weighted by atomic mass is 16.4. The fourth-order valence-electron chi connectivity index (χ4n) is 5.65. The van der Waals surface area contributed by atoms with E-state index in [0.29, 0.717) is 18.7 Å². The molecule has 47 heavy (non-hydrogen) atoms. The lowest BCUT2D eigenvalue weighted by atomic mass is 9.83. The van der Waals surface area contributed by atoms with Crippen LogP contribution < -0.4 is 11.1 Å². The summed E-state index contributed by atoms with van der Waals surface area (Å²) in [4.78, 5) is 36.0. The maximum Gasteiger partial charge on any atom is 0.335 e. The fraction of sp³-hybridized carbons (Fsp3) is 0.333. The Morgan fingerprint density at radius 2 is 1.89 bits per heavy atom. The van der Waals surface area contributed by atoms with Crippen LogP contribution in [-0.2, 0) is 16.0 Å². The first-order chi connectivity index (χ1) is 22.2. The van der Waals surface area contributed by atoms with Gasteiger partial charge in [0, 0.05) is 28.9 Å². The summed E-state index contributed by atoms with van der Waals surface area (Å²) in [6, 6.07) is 8.61. The van der Waals surface area contributed by atoms with Gasteiger partial charge in [0.2, 0.25) is 0 Å². The summed E-state index contributed by atoms with van der Waals surface area (Å²) >= 11 is 0. The molecule has 1 aliphatic heterocycles. The van der Waals surface area contributed by atoms with E-state index in [1.165, 1.54) is 33.7 Å². The molecule has 0 radical (unpaired) electrons. The number of nitrogens with zero attached hydrogens (tertiary/aromatic N) is 2. The third-order valence-electron chi connectivity index (χ3n) is 8.71. The molecule has 2 aromatic carbocycles. The van der Waals surface area contributed by atoms with Gasteiger partial charge in [0.05, 0.1) is 23.5 Å². The molecule has 4 rings (SSSR count). The van der Waals surface area contributed by atoms with Crippen LogP contribution in [0, 0.1) is 22.2 Å². The van der Waals surface area contributed by atoms with Crippen LogP contribution in [0.5, 0.6) is 0 Å². The lowest BCUT2D eigenvalue weighted by molar-refractivity contribution is -0.132. The van der Waals surface area contributed by atoms with Crippen molar-refractivity contribution < 1.29 is 14.7 Å². The molecule has 244 valence electrons. The number of nitrogens with two attached hydrogens (primary N) is 1. The summed E-state index contributed by atoms with van der Waals surface area (Å²) in [5, 5.41) is 17.4. The molecule has 0 fully saturated rings. The van der Waals surface area contributed by atoms with Crippen LogP contribution in [0.1, 0.15) is 70.2 Å². The molecule has 1 atom stereocenters. The van der Waals surface area contributed by atoms with Crippen molar-refractivity contribution in [2.75, 3.05) is 20.1 Å². The third kappa shape index (κ3) is 8.43. The van der Waals surface area contributed by atoms with Crippen molar-refractivity contribution in [3.8, 4) is 11.8 Å². The van der Waals surface area contributed by atoms with Crippen molar-refractivity contribution in [3.05, 3.63) is 109 Å². The quantitative estimate of drug-likeness (QED) is 0.119. The van der Waals surface area contributed by atoms with Crippen molar-refractivity contribution in [1.29, 1.82) is 0 Å².